The van der Waals surface area contributed by atoms with Crippen LogP contribution in [0, 0.1) is 13.8 Å². The summed E-state index contributed by atoms with van der Waals surface area (Å²) in [7, 11) is 1.65. The number of aryl methyl sites for hydroxylation is 2. The van der Waals surface area contributed by atoms with Gasteiger partial charge < -0.3 is 4.74 Å². The van der Waals surface area contributed by atoms with E-state index in [9.17, 15) is 4.79 Å². The van der Waals surface area contributed by atoms with Crippen LogP contribution in [-0.4, -0.2) is 29.8 Å². The first-order valence-corrected chi connectivity index (χ1v) is 6.68. The lowest BCUT2D eigenvalue weighted by Gasteiger charge is -2.08. The van der Waals surface area contributed by atoms with Crippen molar-refractivity contribution < 1.29 is 9.53 Å². The summed E-state index contributed by atoms with van der Waals surface area (Å²) in [6, 6.07) is 6.18. The Morgan fingerprint density at radius 1 is 1.40 bits per heavy atom. The van der Waals surface area contributed by atoms with Crippen molar-refractivity contribution in [3.05, 3.63) is 46.8 Å². The Labute approximate surface area is 119 Å². The molecule has 0 amide bonds. The molecule has 20 heavy (non-hydrogen) atoms. The molecule has 0 aliphatic heterocycles. The molecule has 106 valence electrons. The van der Waals surface area contributed by atoms with Gasteiger partial charge in [-0.1, -0.05) is 24.6 Å². The number of carbonyl (C=O) groups excluding carboxylic acids is 1. The monoisotopic (exact) mass is 272 g/mol. The Hall–Kier alpha value is -1.94. The van der Waals surface area contributed by atoms with E-state index in [2.05, 4.69) is 18.1 Å². The molecular formula is C16H20N2O2. The zero-order chi connectivity index (χ0) is 14.7. The molecular weight excluding hydrogens is 252 g/mol. The summed E-state index contributed by atoms with van der Waals surface area (Å²) in [4.78, 5) is 11.2. The van der Waals surface area contributed by atoms with E-state index in [0.717, 1.165) is 23.2 Å². The minimum atomic E-state index is 0.0900. The molecule has 0 radical (unpaired) electrons. The summed E-state index contributed by atoms with van der Waals surface area (Å²) in [5.41, 5.74) is 4.74. The van der Waals surface area contributed by atoms with Crippen LogP contribution in [0.1, 0.15) is 40.0 Å². The van der Waals surface area contributed by atoms with Crippen molar-refractivity contribution in [2.45, 2.75) is 26.7 Å². The van der Waals surface area contributed by atoms with Crippen LogP contribution < -0.4 is 0 Å². The largest absolute Gasteiger partial charge is 0.384 e. The van der Waals surface area contributed by atoms with Gasteiger partial charge in [-0.05, 0) is 25.5 Å². The molecule has 4 nitrogen and oxygen atoms in total. The van der Waals surface area contributed by atoms with Crippen molar-refractivity contribution in [3.8, 4) is 5.69 Å². The van der Waals surface area contributed by atoms with Gasteiger partial charge in [0.05, 0.1) is 23.6 Å². The van der Waals surface area contributed by atoms with Crippen LogP contribution in [-0.2, 0) is 4.74 Å². The fourth-order valence-corrected chi connectivity index (χ4v) is 2.39. The lowest BCUT2D eigenvalue weighted by atomic mass is 10.1. The molecule has 4 heteroatoms. The van der Waals surface area contributed by atoms with E-state index in [-0.39, 0.29) is 5.92 Å². The Morgan fingerprint density at radius 3 is 2.75 bits per heavy atom. The van der Waals surface area contributed by atoms with Crippen molar-refractivity contribution in [3.63, 3.8) is 0 Å². The van der Waals surface area contributed by atoms with Gasteiger partial charge in [0, 0.05) is 19.2 Å². The number of hydrogen-bond donors (Lipinski definition) is 0. The number of hydrogen-bond acceptors (Lipinski definition) is 3. The van der Waals surface area contributed by atoms with Gasteiger partial charge in [-0.25, -0.2) is 4.68 Å². The Bertz CT molecular complexity index is 617. The van der Waals surface area contributed by atoms with E-state index in [1.165, 1.54) is 5.56 Å². The second kappa shape index (κ2) is 6.01. The third kappa shape index (κ3) is 2.80. The number of ether oxygens (including phenoxy) is 1. The third-order valence-electron chi connectivity index (χ3n) is 3.38. The van der Waals surface area contributed by atoms with Crippen LogP contribution in [0.15, 0.2) is 24.4 Å². The molecule has 0 saturated carbocycles. The van der Waals surface area contributed by atoms with Crippen molar-refractivity contribution in [2.24, 2.45) is 0 Å². The van der Waals surface area contributed by atoms with Crippen molar-refractivity contribution in [1.29, 1.82) is 0 Å². The van der Waals surface area contributed by atoms with Crippen LogP contribution >= 0.6 is 0 Å². The second-order valence-electron chi connectivity index (χ2n) is 5.18. The van der Waals surface area contributed by atoms with Crippen LogP contribution in [0.2, 0.25) is 0 Å². The predicted octanol–water partition coefficient (Wildman–Crippen LogP) is 3.05. The molecule has 0 bridgehead atoms. The number of nitrogens with zero attached hydrogens (tertiary/aromatic N) is 2. The molecule has 0 aliphatic carbocycles. The summed E-state index contributed by atoms with van der Waals surface area (Å²) in [6.45, 7) is 6.65. The summed E-state index contributed by atoms with van der Waals surface area (Å²) in [5, 5.41) is 4.57. The highest BCUT2D eigenvalue weighted by molar-refractivity contribution is 5.76. The van der Waals surface area contributed by atoms with Crippen molar-refractivity contribution >= 4 is 6.29 Å². The first-order chi connectivity index (χ1) is 9.56. The highest BCUT2D eigenvalue weighted by Gasteiger charge is 2.16. The van der Waals surface area contributed by atoms with E-state index in [0.29, 0.717) is 12.2 Å². The van der Waals surface area contributed by atoms with E-state index < -0.39 is 0 Å². The maximum absolute atomic E-state index is 11.2. The molecule has 0 spiro atoms. The zero-order valence-corrected chi connectivity index (χ0v) is 12.4. The normalized spacial score (nSPS) is 12.4. The highest BCUT2D eigenvalue weighted by atomic mass is 16.5. The zero-order valence-electron chi connectivity index (χ0n) is 12.4. The Morgan fingerprint density at radius 2 is 2.15 bits per heavy atom. The Kier molecular flexibility index (Phi) is 4.35. The van der Waals surface area contributed by atoms with E-state index in [1.807, 2.05) is 26.0 Å². The van der Waals surface area contributed by atoms with Gasteiger partial charge in [-0.3, -0.25) is 4.79 Å². The lowest BCUT2D eigenvalue weighted by Crippen LogP contribution is -2.06. The fraction of sp³-hybridized carbons (Fsp3) is 0.375. The number of benzene rings is 1. The molecule has 2 aromatic rings. The van der Waals surface area contributed by atoms with Gasteiger partial charge >= 0.3 is 0 Å². The maximum Gasteiger partial charge on any atom is 0.153 e. The van der Waals surface area contributed by atoms with Crippen LogP contribution in [0.5, 0.6) is 0 Å². The minimum Gasteiger partial charge on any atom is -0.384 e. The van der Waals surface area contributed by atoms with E-state index >= 15 is 0 Å². The molecule has 0 aliphatic rings. The summed E-state index contributed by atoms with van der Waals surface area (Å²) in [5.74, 6) is 0.0900. The Balaban J connectivity index is 2.45. The van der Waals surface area contributed by atoms with Crippen molar-refractivity contribution in [2.75, 3.05) is 13.7 Å². The molecule has 1 aromatic heterocycles. The van der Waals surface area contributed by atoms with Crippen LogP contribution in [0.4, 0.5) is 0 Å². The summed E-state index contributed by atoms with van der Waals surface area (Å²) < 4.78 is 6.92. The number of rotatable bonds is 5. The number of aldehydes is 1. The third-order valence-corrected chi connectivity index (χ3v) is 3.38. The molecule has 0 saturated heterocycles. The first kappa shape index (κ1) is 14.5. The highest BCUT2D eigenvalue weighted by Crippen LogP contribution is 2.21. The number of methoxy groups -OCH3 is 1. The SMILES string of the molecule is COCC(C)c1nn(-c2ccc(C)cc2C)cc1C=O. The van der Waals surface area contributed by atoms with E-state index in [1.54, 1.807) is 18.0 Å². The smallest absolute Gasteiger partial charge is 0.153 e. The number of carbonyl (C=O) groups is 1. The van der Waals surface area contributed by atoms with Crippen LogP contribution in [0.3, 0.4) is 0 Å². The van der Waals surface area contributed by atoms with Crippen LogP contribution in [0.25, 0.3) is 5.69 Å². The molecule has 1 unspecified atom stereocenters. The van der Waals surface area contributed by atoms with Gasteiger partial charge in [0.15, 0.2) is 6.29 Å². The number of aromatic nitrogens is 2. The molecule has 1 aromatic carbocycles. The molecule has 1 atom stereocenters. The molecule has 2 rings (SSSR count). The first-order valence-electron chi connectivity index (χ1n) is 6.68. The standard InChI is InChI=1S/C16H20N2O2/c1-11-5-6-15(12(2)7-11)18-8-14(9-19)16(17-18)13(3)10-20-4/h5-9,13H,10H2,1-4H3. The minimum absolute atomic E-state index is 0.0900. The summed E-state index contributed by atoms with van der Waals surface area (Å²) >= 11 is 0. The topological polar surface area (TPSA) is 44.1 Å². The van der Waals surface area contributed by atoms with Gasteiger partial charge in [0.2, 0.25) is 0 Å². The lowest BCUT2D eigenvalue weighted by molar-refractivity contribution is 0.112. The van der Waals surface area contributed by atoms with Crippen molar-refractivity contribution in [1.82, 2.24) is 9.78 Å². The quantitative estimate of drug-likeness (QED) is 0.786. The average molecular weight is 272 g/mol. The summed E-state index contributed by atoms with van der Waals surface area (Å²) in [6.07, 6.45) is 2.64. The van der Waals surface area contributed by atoms with Gasteiger partial charge in [0.1, 0.15) is 0 Å². The second-order valence-corrected chi connectivity index (χ2v) is 5.18. The maximum atomic E-state index is 11.2. The van der Waals surface area contributed by atoms with E-state index in [4.69, 9.17) is 4.74 Å². The fourth-order valence-electron chi connectivity index (χ4n) is 2.39. The average Bonchev–Trinajstić information content (AvgIpc) is 2.83. The van der Waals surface area contributed by atoms with Gasteiger partial charge in [-0.2, -0.15) is 5.10 Å². The van der Waals surface area contributed by atoms with Gasteiger partial charge in [-0.15, -0.1) is 0 Å². The predicted molar refractivity (Wildman–Crippen MR) is 78.7 cm³/mol. The molecule has 0 fully saturated rings. The van der Waals surface area contributed by atoms with Gasteiger partial charge in [0.25, 0.3) is 0 Å². The molecule has 1 heterocycles. The molecule has 0 N–H and O–H groups in total.